The number of rotatable bonds is 4. The Hall–Kier alpha value is -3.08. The summed E-state index contributed by atoms with van der Waals surface area (Å²) in [5, 5.41) is 19.9. The minimum Gasteiger partial charge on any atom is -0.502 e. The SMILES string of the molecule is O=C1OC(Cc2ccccc2)(C(=O)O)C(c2ccccc2)=C1O. The van der Waals surface area contributed by atoms with E-state index in [1.807, 2.05) is 6.07 Å². The van der Waals surface area contributed by atoms with Crippen LogP contribution in [0.3, 0.4) is 0 Å². The highest BCUT2D eigenvalue weighted by Crippen LogP contribution is 2.41. The standard InChI is InChI=1S/C18H14O5/c19-15-14(13-9-5-2-6-10-13)18(17(21)22,23-16(15)20)11-12-7-3-1-4-8-12/h1-10,19H,11H2,(H,21,22). The minimum absolute atomic E-state index is 0.0144. The zero-order chi connectivity index (χ0) is 16.4. The van der Waals surface area contributed by atoms with Crippen molar-refractivity contribution < 1.29 is 24.5 Å². The molecule has 1 aliphatic rings. The molecule has 2 N–H and O–H groups in total. The average molecular weight is 310 g/mol. The number of carbonyl (C=O) groups excluding carboxylic acids is 1. The highest BCUT2D eigenvalue weighted by Gasteiger charge is 2.54. The minimum atomic E-state index is -1.94. The second-order valence-electron chi connectivity index (χ2n) is 5.27. The van der Waals surface area contributed by atoms with E-state index in [1.165, 1.54) is 0 Å². The van der Waals surface area contributed by atoms with E-state index < -0.39 is 23.3 Å². The molecule has 1 heterocycles. The molecule has 0 spiro atoms. The fourth-order valence-corrected chi connectivity index (χ4v) is 2.76. The number of hydrogen-bond donors (Lipinski definition) is 2. The number of cyclic esters (lactones) is 1. The molecule has 0 bridgehead atoms. The second kappa shape index (κ2) is 5.61. The number of carbonyl (C=O) groups is 2. The molecular formula is C18H14O5. The normalized spacial score (nSPS) is 20.4. The van der Waals surface area contributed by atoms with Crippen molar-refractivity contribution in [3.8, 4) is 0 Å². The van der Waals surface area contributed by atoms with Crippen LogP contribution >= 0.6 is 0 Å². The highest BCUT2D eigenvalue weighted by atomic mass is 16.6. The maximum atomic E-state index is 12.0. The van der Waals surface area contributed by atoms with Gasteiger partial charge < -0.3 is 14.9 Å². The topological polar surface area (TPSA) is 83.8 Å². The van der Waals surface area contributed by atoms with Gasteiger partial charge in [-0.25, -0.2) is 9.59 Å². The Bertz CT molecular complexity index is 780. The molecule has 0 saturated heterocycles. The van der Waals surface area contributed by atoms with Gasteiger partial charge in [-0.2, -0.15) is 0 Å². The van der Waals surface area contributed by atoms with Crippen LogP contribution < -0.4 is 0 Å². The van der Waals surface area contributed by atoms with Crippen molar-refractivity contribution in [2.24, 2.45) is 0 Å². The van der Waals surface area contributed by atoms with Crippen LogP contribution in [0.15, 0.2) is 66.4 Å². The van der Waals surface area contributed by atoms with E-state index in [-0.39, 0.29) is 12.0 Å². The van der Waals surface area contributed by atoms with Gasteiger partial charge in [-0.15, -0.1) is 0 Å². The lowest BCUT2D eigenvalue weighted by Gasteiger charge is -2.26. The molecule has 1 atom stereocenters. The number of aliphatic hydroxyl groups excluding tert-OH is 1. The van der Waals surface area contributed by atoms with Crippen LogP contribution in [0.1, 0.15) is 11.1 Å². The van der Waals surface area contributed by atoms with Gasteiger partial charge >= 0.3 is 11.9 Å². The highest BCUT2D eigenvalue weighted by molar-refractivity contribution is 6.10. The smallest absolute Gasteiger partial charge is 0.375 e. The molecular weight excluding hydrogens is 296 g/mol. The summed E-state index contributed by atoms with van der Waals surface area (Å²) in [6, 6.07) is 17.3. The summed E-state index contributed by atoms with van der Waals surface area (Å²) >= 11 is 0. The second-order valence-corrected chi connectivity index (χ2v) is 5.27. The maximum Gasteiger partial charge on any atom is 0.375 e. The molecule has 23 heavy (non-hydrogen) atoms. The number of ether oxygens (including phenoxy) is 1. The third-order valence-electron chi connectivity index (χ3n) is 3.80. The van der Waals surface area contributed by atoms with Crippen molar-refractivity contribution in [2.45, 2.75) is 12.0 Å². The molecule has 1 aliphatic heterocycles. The summed E-state index contributed by atoms with van der Waals surface area (Å²) in [6.45, 7) is 0. The number of carboxylic acid groups (broad SMARTS) is 1. The first-order chi connectivity index (χ1) is 11.0. The number of carboxylic acids is 1. The van der Waals surface area contributed by atoms with E-state index >= 15 is 0 Å². The molecule has 116 valence electrons. The summed E-state index contributed by atoms with van der Waals surface area (Å²) in [4.78, 5) is 23.9. The van der Waals surface area contributed by atoms with Crippen LogP contribution in [-0.4, -0.2) is 27.8 Å². The fraction of sp³-hybridized carbons (Fsp3) is 0.111. The van der Waals surface area contributed by atoms with Crippen LogP contribution in [0, 0.1) is 0 Å². The lowest BCUT2D eigenvalue weighted by Crippen LogP contribution is -2.43. The van der Waals surface area contributed by atoms with Gasteiger partial charge in [0.2, 0.25) is 11.4 Å². The summed E-state index contributed by atoms with van der Waals surface area (Å²) < 4.78 is 5.13. The Morgan fingerprint density at radius 3 is 2.13 bits per heavy atom. The van der Waals surface area contributed by atoms with Crippen molar-refractivity contribution in [1.29, 1.82) is 0 Å². The predicted octanol–water partition coefficient (Wildman–Crippen LogP) is 2.58. The van der Waals surface area contributed by atoms with E-state index in [0.717, 1.165) is 0 Å². The summed E-state index contributed by atoms with van der Waals surface area (Å²) in [5.41, 5.74) is -0.830. The first-order valence-corrected chi connectivity index (χ1v) is 7.04. The van der Waals surface area contributed by atoms with E-state index in [4.69, 9.17) is 4.74 Å². The molecule has 2 aromatic carbocycles. The van der Waals surface area contributed by atoms with Gasteiger partial charge in [0.15, 0.2) is 0 Å². The van der Waals surface area contributed by atoms with Crippen LogP contribution in [0.5, 0.6) is 0 Å². The molecule has 0 fully saturated rings. The van der Waals surface area contributed by atoms with Crippen molar-refractivity contribution in [3.05, 3.63) is 77.5 Å². The van der Waals surface area contributed by atoms with Gasteiger partial charge in [0, 0.05) is 6.42 Å². The van der Waals surface area contributed by atoms with E-state index in [9.17, 15) is 19.8 Å². The molecule has 3 rings (SSSR count). The third-order valence-corrected chi connectivity index (χ3v) is 3.80. The molecule has 0 radical (unpaired) electrons. The molecule has 0 aromatic heterocycles. The molecule has 1 unspecified atom stereocenters. The number of esters is 1. The van der Waals surface area contributed by atoms with Gasteiger partial charge in [0.25, 0.3) is 0 Å². The van der Waals surface area contributed by atoms with Gasteiger partial charge in [0.1, 0.15) is 0 Å². The van der Waals surface area contributed by atoms with Crippen LogP contribution in [0.2, 0.25) is 0 Å². The van der Waals surface area contributed by atoms with Crippen LogP contribution in [0.4, 0.5) is 0 Å². The Morgan fingerprint density at radius 2 is 1.57 bits per heavy atom. The quantitative estimate of drug-likeness (QED) is 0.848. The van der Waals surface area contributed by atoms with Gasteiger partial charge in [0.05, 0.1) is 5.57 Å². The lowest BCUT2D eigenvalue weighted by molar-refractivity contribution is -0.166. The average Bonchev–Trinajstić information content (AvgIpc) is 2.81. The molecule has 0 saturated carbocycles. The van der Waals surface area contributed by atoms with E-state index in [0.29, 0.717) is 11.1 Å². The van der Waals surface area contributed by atoms with Gasteiger partial charge in [-0.05, 0) is 11.1 Å². The summed E-state index contributed by atoms with van der Waals surface area (Å²) in [5.74, 6) is -3.01. The summed E-state index contributed by atoms with van der Waals surface area (Å²) in [6.07, 6.45) is -0.0663. The first-order valence-electron chi connectivity index (χ1n) is 7.04. The zero-order valence-electron chi connectivity index (χ0n) is 12.1. The first kappa shape index (κ1) is 14.8. The summed E-state index contributed by atoms with van der Waals surface area (Å²) in [7, 11) is 0. The molecule has 2 aromatic rings. The Balaban J connectivity index is 2.15. The van der Waals surface area contributed by atoms with E-state index in [2.05, 4.69) is 0 Å². The third kappa shape index (κ3) is 2.46. The fourth-order valence-electron chi connectivity index (χ4n) is 2.76. The van der Waals surface area contributed by atoms with Gasteiger partial charge in [-0.1, -0.05) is 60.7 Å². The number of aliphatic carboxylic acids is 1. The van der Waals surface area contributed by atoms with Crippen molar-refractivity contribution >= 4 is 17.5 Å². The van der Waals surface area contributed by atoms with Crippen molar-refractivity contribution in [2.75, 3.05) is 0 Å². The molecule has 5 heteroatoms. The lowest BCUT2D eigenvalue weighted by atomic mass is 9.83. The largest absolute Gasteiger partial charge is 0.502 e. The number of hydrogen-bond acceptors (Lipinski definition) is 4. The maximum absolute atomic E-state index is 12.0. The number of aliphatic hydroxyl groups is 1. The Morgan fingerprint density at radius 1 is 1.00 bits per heavy atom. The van der Waals surface area contributed by atoms with Crippen LogP contribution in [0.25, 0.3) is 5.57 Å². The predicted molar refractivity (Wildman–Crippen MR) is 82.6 cm³/mol. The Kier molecular flexibility index (Phi) is 3.62. The number of benzene rings is 2. The van der Waals surface area contributed by atoms with E-state index in [1.54, 1.807) is 54.6 Å². The van der Waals surface area contributed by atoms with Gasteiger partial charge in [-0.3, -0.25) is 0 Å². The zero-order valence-corrected chi connectivity index (χ0v) is 12.1. The molecule has 0 aliphatic carbocycles. The molecule has 5 nitrogen and oxygen atoms in total. The Labute approximate surface area is 132 Å². The monoisotopic (exact) mass is 310 g/mol. The molecule has 0 amide bonds. The van der Waals surface area contributed by atoms with Crippen LogP contribution in [-0.2, 0) is 20.7 Å². The van der Waals surface area contributed by atoms with Crippen molar-refractivity contribution in [3.63, 3.8) is 0 Å². The van der Waals surface area contributed by atoms with Crippen molar-refractivity contribution in [1.82, 2.24) is 0 Å².